The van der Waals surface area contributed by atoms with Crippen LogP contribution in [0.3, 0.4) is 0 Å². The smallest absolute Gasteiger partial charge is 0.240 e. The highest BCUT2D eigenvalue weighted by atomic mass is 35.5. The molecule has 1 aromatic carbocycles. The van der Waals surface area contributed by atoms with Crippen LogP contribution in [0.5, 0.6) is 5.75 Å². The van der Waals surface area contributed by atoms with Gasteiger partial charge in [0.15, 0.2) is 11.6 Å². The third-order valence-corrected chi connectivity index (χ3v) is 5.55. The molecule has 132 valence electrons. The largest absolute Gasteiger partial charge is 0.494 e. The Morgan fingerprint density at radius 3 is 2.39 bits per heavy atom. The standard InChI is InChI=1S/C15H23FN2O3S.ClH/c1-21-14-7-6-12(10-13(14)16)22(19,20)18-11-15(17)8-4-2-3-5-9-15;/h6-7,10,18H,2-5,8-9,11,17H2,1H3;1H. The molecule has 23 heavy (non-hydrogen) atoms. The van der Waals surface area contributed by atoms with Crippen LogP contribution in [0.25, 0.3) is 0 Å². The first-order chi connectivity index (χ1) is 10.4. The summed E-state index contributed by atoms with van der Waals surface area (Å²) in [6.45, 7) is 0.170. The first-order valence-corrected chi connectivity index (χ1v) is 8.97. The molecule has 0 atom stereocenters. The van der Waals surface area contributed by atoms with Crippen LogP contribution in [0.2, 0.25) is 0 Å². The van der Waals surface area contributed by atoms with Crippen LogP contribution in [-0.2, 0) is 10.0 Å². The lowest BCUT2D eigenvalue weighted by Gasteiger charge is -2.28. The van der Waals surface area contributed by atoms with E-state index < -0.39 is 21.4 Å². The maximum atomic E-state index is 13.7. The normalized spacial score (nSPS) is 17.9. The number of ether oxygens (including phenoxy) is 1. The lowest BCUT2D eigenvalue weighted by Crippen LogP contribution is -2.49. The molecule has 0 saturated heterocycles. The highest BCUT2D eigenvalue weighted by Gasteiger charge is 2.28. The second-order valence-electron chi connectivity index (χ2n) is 5.90. The van der Waals surface area contributed by atoms with Gasteiger partial charge in [-0.15, -0.1) is 12.4 Å². The third-order valence-electron chi connectivity index (χ3n) is 4.15. The molecule has 0 aromatic heterocycles. The number of halogens is 2. The lowest BCUT2D eigenvalue weighted by molar-refractivity contribution is 0.369. The molecule has 1 aliphatic carbocycles. The van der Waals surface area contributed by atoms with E-state index in [4.69, 9.17) is 10.5 Å². The Morgan fingerprint density at radius 2 is 1.87 bits per heavy atom. The van der Waals surface area contributed by atoms with Crippen molar-refractivity contribution in [2.24, 2.45) is 5.73 Å². The SMILES string of the molecule is COc1ccc(S(=O)(=O)NCC2(N)CCCCCC2)cc1F.Cl. The van der Waals surface area contributed by atoms with E-state index in [2.05, 4.69) is 4.72 Å². The molecule has 1 aromatic rings. The van der Waals surface area contributed by atoms with E-state index in [1.807, 2.05) is 0 Å². The molecule has 0 spiro atoms. The molecule has 1 fully saturated rings. The van der Waals surface area contributed by atoms with Gasteiger partial charge in [-0.1, -0.05) is 25.7 Å². The minimum atomic E-state index is -3.78. The van der Waals surface area contributed by atoms with E-state index in [1.54, 1.807) is 0 Å². The molecule has 2 rings (SSSR count). The Kier molecular flexibility index (Phi) is 7.26. The molecular weight excluding hydrogens is 343 g/mol. The van der Waals surface area contributed by atoms with Crippen LogP contribution in [0.4, 0.5) is 4.39 Å². The minimum Gasteiger partial charge on any atom is -0.494 e. The molecule has 3 N–H and O–H groups in total. The van der Waals surface area contributed by atoms with Gasteiger partial charge in [-0.05, 0) is 31.0 Å². The fourth-order valence-electron chi connectivity index (χ4n) is 2.75. The highest BCUT2D eigenvalue weighted by molar-refractivity contribution is 7.89. The van der Waals surface area contributed by atoms with Crippen LogP contribution in [0.1, 0.15) is 38.5 Å². The number of benzene rings is 1. The molecule has 0 amide bonds. The summed E-state index contributed by atoms with van der Waals surface area (Å²) in [4.78, 5) is -0.122. The zero-order valence-electron chi connectivity index (χ0n) is 13.2. The maximum Gasteiger partial charge on any atom is 0.240 e. The molecule has 0 heterocycles. The number of rotatable bonds is 5. The Morgan fingerprint density at radius 1 is 1.26 bits per heavy atom. The summed E-state index contributed by atoms with van der Waals surface area (Å²) in [6.07, 6.45) is 5.88. The fourth-order valence-corrected chi connectivity index (χ4v) is 3.90. The van der Waals surface area contributed by atoms with Gasteiger partial charge in [0, 0.05) is 12.1 Å². The van der Waals surface area contributed by atoms with Crippen molar-refractivity contribution in [3.05, 3.63) is 24.0 Å². The molecule has 5 nitrogen and oxygen atoms in total. The lowest BCUT2D eigenvalue weighted by atomic mass is 9.92. The minimum absolute atomic E-state index is 0. The monoisotopic (exact) mass is 366 g/mol. The van der Waals surface area contributed by atoms with Crippen molar-refractivity contribution < 1.29 is 17.5 Å². The summed E-state index contributed by atoms with van der Waals surface area (Å²) in [6, 6.07) is 3.58. The maximum absolute atomic E-state index is 13.7. The van der Waals surface area contributed by atoms with Gasteiger partial charge in [0.05, 0.1) is 12.0 Å². The first kappa shape index (κ1) is 20.2. The first-order valence-electron chi connectivity index (χ1n) is 7.48. The topological polar surface area (TPSA) is 81.4 Å². The third kappa shape index (κ3) is 5.31. The van der Waals surface area contributed by atoms with E-state index in [0.717, 1.165) is 44.6 Å². The van der Waals surface area contributed by atoms with E-state index in [9.17, 15) is 12.8 Å². The van der Waals surface area contributed by atoms with E-state index in [-0.39, 0.29) is 29.6 Å². The van der Waals surface area contributed by atoms with Crippen LogP contribution in [0.15, 0.2) is 23.1 Å². The summed E-state index contributed by atoms with van der Waals surface area (Å²) in [5.41, 5.74) is 5.78. The zero-order chi connectivity index (χ0) is 16.2. The molecule has 1 saturated carbocycles. The van der Waals surface area contributed by atoms with Gasteiger partial charge in [-0.3, -0.25) is 0 Å². The summed E-state index contributed by atoms with van der Waals surface area (Å²) < 4.78 is 45.5. The van der Waals surface area contributed by atoms with Crippen LogP contribution in [0, 0.1) is 5.82 Å². The molecule has 1 aliphatic rings. The average Bonchev–Trinajstić information content (AvgIpc) is 2.71. The molecule has 8 heteroatoms. The van der Waals surface area contributed by atoms with Crippen molar-refractivity contribution >= 4 is 22.4 Å². The summed E-state index contributed by atoms with van der Waals surface area (Å²) in [5, 5.41) is 0. The van der Waals surface area contributed by atoms with Crippen molar-refractivity contribution in [3.8, 4) is 5.75 Å². The Balaban J connectivity index is 0.00000264. The van der Waals surface area contributed by atoms with Gasteiger partial charge in [0.1, 0.15) is 0 Å². The van der Waals surface area contributed by atoms with Gasteiger partial charge >= 0.3 is 0 Å². The second kappa shape index (κ2) is 8.28. The summed E-state index contributed by atoms with van der Waals surface area (Å²) in [5.74, 6) is -0.694. The quantitative estimate of drug-likeness (QED) is 0.785. The van der Waals surface area contributed by atoms with Gasteiger partial charge in [-0.2, -0.15) is 0 Å². The number of methoxy groups -OCH3 is 1. The fraction of sp³-hybridized carbons (Fsp3) is 0.600. The van der Waals surface area contributed by atoms with Crippen molar-refractivity contribution in [3.63, 3.8) is 0 Å². The Bertz CT molecular complexity index is 617. The Hall–Kier alpha value is -0.890. The van der Waals surface area contributed by atoms with Crippen LogP contribution < -0.4 is 15.2 Å². The molecular formula is C15H24ClFN2O3S. The Labute approximate surface area is 143 Å². The average molecular weight is 367 g/mol. The summed E-state index contributed by atoms with van der Waals surface area (Å²) in [7, 11) is -2.45. The molecule has 0 radical (unpaired) electrons. The van der Waals surface area contributed by atoms with Gasteiger partial charge in [-0.25, -0.2) is 17.5 Å². The number of nitrogens with two attached hydrogens (primary N) is 1. The number of sulfonamides is 1. The van der Waals surface area contributed by atoms with Gasteiger partial charge in [0.25, 0.3) is 0 Å². The predicted molar refractivity (Wildman–Crippen MR) is 90.0 cm³/mol. The van der Waals surface area contributed by atoms with E-state index in [0.29, 0.717) is 0 Å². The molecule has 0 unspecified atom stereocenters. The summed E-state index contributed by atoms with van der Waals surface area (Å²) >= 11 is 0. The van der Waals surface area contributed by atoms with Crippen molar-refractivity contribution in [1.29, 1.82) is 0 Å². The molecule has 0 aliphatic heterocycles. The number of hydrogen-bond donors (Lipinski definition) is 2. The van der Waals surface area contributed by atoms with Crippen molar-refractivity contribution in [2.75, 3.05) is 13.7 Å². The van der Waals surface area contributed by atoms with E-state index >= 15 is 0 Å². The van der Waals surface area contributed by atoms with E-state index in [1.165, 1.54) is 19.2 Å². The molecule has 0 bridgehead atoms. The van der Waals surface area contributed by atoms with Gasteiger partial charge in [0.2, 0.25) is 10.0 Å². The van der Waals surface area contributed by atoms with Crippen LogP contribution in [-0.4, -0.2) is 27.6 Å². The zero-order valence-corrected chi connectivity index (χ0v) is 14.8. The highest BCUT2D eigenvalue weighted by Crippen LogP contribution is 2.25. The predicted octanol–water partition coefficient (Wildman–Crippen LogP) is 2.59. The van der Waals surface area contributed by atoms with Crippen molar-refractivity contribution in [2.45, 2.75) is 49.0 Å². The van der Waals surface area contributed by atoms with Crippen molar-refractivity contribution in [1.82, 2.24) is 4.72 Å². The second-order valence-corrected chi connectivity index (χ2v) is 7.66. The van der Waals surface area contributed by atoms with Crippen LogP contribution >= 0.6 is 12.4 Å². The number of nitrogens with one attached hydrogen (secondary N) is 1. The number of hydrogen-bond acceptors (Lipinski definition) is 4. The van der Waals surface area contributed by atoms with Gasteiger partial charge < -0.3 is 10.5 Å².